The van der Waals surface area contributed by atoms with Crippen LogP contribution in [0.1, 0.15) is 16.2 Å². The van der Waals surface area contributed by atoms with Gasteiger partial charge < -0.3 is 4.98 Å². The molecule has 4 heteroatoms. The van der Waals surface area contributed by atoms with Gasteiger partial charge in [0.25, 0.3) is 0 Å². The largest absolute Gasteiger partial charge is 0.360 e. The monoisotopic (exact) mass is 237 g/mol. The Hall–Kier alpha value is -2.49. The van der Waals surface area contributed by atoms with Gasteiger partial charge in [-0.05, 0) is 12.1 Å². The van der Waals surface area contributed by atoms with Gasteiger partial charge >= 0.3 is 0 Å². The zero-order chi connectivity index (χ0) is 12.4. The molecular weight excluding hydrogens is 226 g/mol. The summed E-state index contributed by atoms with van der Waals surface area (Å²) in [5.74, 6) is 0.575. The van der Waals surface area contributed by atoms with Crippen molar-refractivity contribution < 1.29 is 4.79 Å². The summed E-state index contributed by atoms with van der Waals surface area (Å²) in [6.45, 7) is 0. The Balaban J connectivity index is 1.93. The van der Waals surface area contributed by atoms with Crippen LogP contribution in [0.5, 0.6) is 0 Å². The Morgan fingerprint density at radius 2 is 1.89 bits per heavy atom. The zero-order valence-corrected chi connectivity index (χ0v) is 9.63. The van der Waals surface area contributed by atoms with Gasteiger partial charge in [-0.2, -0.15) is 0 Å². The first kappa shape index (κ1) is 10.7. The van der Waals surface area contributed by atoms with Crippen LogP contribution in [0.3, 0.4) is 0 Å². The van der Waals surface area contributed by atoms with Crippen LogP contribution in [-0.2, 0) is 6.42 Å². The topological polar surface area (TPSA) is 58.6 Å². The van der Waals surface area contributed by atoms with Crippen LogP contribution in [-0.4, -0.2) is 20.7 Å². The summed E-state index contributed by atoms with van der Waals surface area (Å²) in [7, 11) is 0. The lowest BCUT2D eigenvalue weighted by Gasteiger charge is -1.98. The molecule has 3 rings (SSSR count). The number of hydrogen-bond acceptors (Lipinski definition) is 3. The van der Waals surface area contributed by atoms with Crippen molar-refractivity contribution in [1.82, 2.24) is 15.0 Å². The van der Waals surface area contributed by atoms with Crippen LogP contribution in [0.2, 0.25) is 0 Å². The van der Waals surface area contributed by atoms with Gasteiger partial charge in [0.1, 0.15) is 5.82 Å². The van der Waals surface area contributed by atoms with E-state index in [1.54, 1.807) is 24.7 Å². The van der Waals surface area contributed by atoms with Crippen molar-refractivity contribution in [2.24, 2.45) is 0 Å². The third kappa shape index (κ3) is 1.88. The molecule has 0 atom stereocenters. The molecule has 4 nitrogen and oxygen atoms in total. The Morgan fingerprint density at radius 3 is 2.72 bits per heavy atom. The van der Waals surface area contributed by atoms with Crippen molar-refractivity contribution in [3.63, 3.8) is 0 Å². The third-order valence-corrected chi connectivity index (χ3v) is 2.83. The van der Waals surface area contributed by atoms with E-state index < -0.39 is 0 Å². The lowest BCUT2D eigenvalue weighted by molar-refractivity contribution is 0.0992. The molecule has 0 aliphatic heterocycles. The fourth-order valence-corrected chi connectivity index (χ4v) is 1.96. The average Bonchev–Trinajstić information content (AvgIpc) is 2.84. The molecule has 3 aromatic rings. The van der Waals surface area contributed by atoms with E-state index in [1.807, 2.05) is 24.3 Å². The number of hydrogen-bond donors (Lipinski definition) is 1. The smallest absolute Gasteiger partial charge is 0.172 e. The van der Waals surface area contributed by atoms with Gasteiger partial charge in [-0.25, -0.2) is 9.97 Å². The van der Waals surface area contributed by atoms with E-state index in [1.165, 1.54) is 0 Å². The maximum atomic E-state index is 12.2. The number of aromatic nitrogens is 3. The summed E-state index contributed by atoms with van der Waals surface area (Å²) < 4.78 is 0. The number of H-pyrrole nitrogens is 1. The zero-order valence-electron chi connectivity index (χ0n) is 9.63. The number of fused-ring (bicyclic) bond motifs is 1. The van der Waals surface area contributed by atoms with Crippen LogP contribution < -0.4 is 0 Å². The molecule has 0 aliphatic carbocycles. The van der Waals surface area contributed by atoms with E-state index >= 15 is 0 Å². The van der Waals surface area contributed by atoms with Crippen LogP contribution in [0.15, 0.2) is 48.9 Å². The van der Waals surface area contributed by atoms with E-state index in [4.69, 9.17) is 0 Å². The maximum absolute atomic E-state index is 12.2. The van der Waals surface area contributed by atoms with Gasteiger partial charge in [-0.3, -0.25) is 4.79 Å². The highest BCUT2D eigenvalue weighted by molar-refractivity contribution is 6.08. The number of carbonyl (C=O) groups is 1. The van der Waals surface area contributed by atoms with Gasteiger partial charge in [0.2, 0.25) is 0 Å². The highest BCUT2D eigenvalue weighted by Gasteiger charge is 2.13. The van der Waals surface area contributed by atoms with Gasteiger partial charge in [0.05, 0.1) is 6.42 Å². The summed E-state index contributed by atoms with van der Waals surface area (Å²) in [5.41, 5.74) is 1.66. The Morgan fingerprint density at radius 1 is 1.11 bits per heavy atom. The SMILES string of the molecule is O=C(Cc1ncccn1)c1c[nH]c2ccccc12. The molecule has 2 aromatic heterocycles. The van der Waals surface area contributed by atoms with Crippen molar-refractivity contribution >= 4 is 16.7 Å². The second-order valence-electron chi connectivity index (χ2n) is 4.01. The van der Waals surface area contributed by atoms with Gasteiger partial charge in [0.15, 0.2) is 5.78 Å². The quantitative estimate of drug-likeness (QED) is 0.711. The predicted molar refractivity (Wildman–Crippen MR) is 68.4 cm³/mol. The van der Waals surface area contributed by atoms with Crippen LogP contribution >= 0.6 is 0 Å². The fourth-order valence-electron chi connectivity index (χ4n) is 1.96. The first-order valence-corrected chi connectivity index (χ1v) is 5.70. The molecule has 2 heterocycles. The molecule has 0 unspecified atom stereocenters. The van der Waals surface area contributed by atoms with Crippen molar-refractivity contribution in [3.8, 4) is 0 Å². The Kier molecular flexibility index (Phi) is 2.61. The van der Waals surface area contributed by atoms with Crippen LogP contribution in [0, 0.1) is 0 Å². The molecule has 0 amide bonds. The van der Waals surface area contributed by atoms with Crippen molar-refractivity contribution in [1.29, 1.82) is 0 Å². The van der Waals surface area contributed by atoms with E-state index in [0.29, 0.717) is 11.4 Å². The number of benzene rings is 1. The van der Waals surface area contributed by atoms with E-state index in [2.05, 4.69) is 15.0 Å². The second kappa shape index (κ2) is 4.41. The van der Waals surface area contributed by atoms with Crippen LogP contribution in [0.4, 0.5) is 0 Å². The second-order valence-corrected chi connectivity index (χ2v) is 4.01. The summed E-state index contributed by atoms with van der Waals surface area (Å²) in [6, 6.07) is 9.48. The normalized spacial score (nSPS) is 10.7. The van der Waals surface area contributed by atoms with Gasteiger partial charge in [0, 0.05) is 35.1 Å². The number of aromatic amines is 1. The third-order valence-electron chi connectivity index (χ3n) is 2.83. The molecule has 0 saturated carbocycles. The number of nitrogens with zero attached hydrogens (tertiary/aromatic N) is 2. The molecule has 0 radical (unpaired) electrons. The van der Waals surface area contributed by atoms with Crippen molar-refractivity contribution in [2.45, 2.75) is 6.42 Å². The van der Waals surface area contributed by atoms with E-state index in [-0.39, 0.29) is 12.2 Å². The van der Waals surface area contributed by atoms with E-state index in [0.717, 1.165) is 10.9 Å². The summed E-state index contributed by atoms with van der Waals surface area (Å²) >= 11 is 0. The number of ketones is 1. The van der Waals surface area contributed by atoms with Crippen LogP contribution in [0.25, 0.3) is 10.9 Å². The van der Waals surface area contributed by atoms with Gasteiger partial charge in [-0.15, -0.1) is 0 Å². The highest BCUT2D eigenvalue weighted by atomic mass is 16.1. The highest BCUT2D eigenvalue weighted by Crippen LogP contribution is 2.18. The Labute approximate surface area is 104 Å². The minimum Gasteiger partial charge on any atom is -0.360 e. The molecule has 88 valence electrons. The molecular formula is C14H11N3O. The molecule has 1 aromatic carbocycles. The molecule has 0 fully saturated rings. The standard InChI is InChI=1S/C14H11N3O/c18-13(8-14-15-6-3-7-16-14)11-9-17-12-5-2-1-4-10(11)12/h1-7,9,17H,8H2. The molecule has 0 bridgehead atoms. The molecule has 1 N–H and O–H groups in total. The first-order valence-electron chi connectivity index (χ1n) is 5.70. The first-order chi connectivity index (χ1) is 8.84. The number of rotatable bonds is 3. The lowest BCUT2D eigenvalue weighted by Crippen LogP contribution is -2.05. The van der Waals surface area contributed by atoms with Gasteiger partial charge in [-0.1, -0.05) is 18.2 Å². The fraction of sp³-hybridized carbons (Fsp3) is 0.0714. The summed E-state index contributed by atoms with van der Waals surface area (Å²) in [5, 5.41) is 0.943. The number of para-hydroxylation sites is 1. The minimum absolute atomic E-state index is 0.0265. The molecule has 18 heavy (non-hydrogen) atoms. The van der Waals surface area contributed by atoms with Crippen molar-refractivity contribution in [3.05, 3.63) is 60.3 Å². The van der Waals surface area contributed by atoms with Crippen molar-refractivity contribution in [2.75, 3.05) is 0 Å². The minimum atomic E-state index is 0.0265. The molecule has 0 aliphatic rings. The summed E-state index contributed by atoms with van der Waals surface area (Å²) in [6.07, 6.45) is 5.26. The number of nitrogens with one attached hydrogen (secondary N) is 1. The molecule has 0 spiro atoms. The number of carbonyl (C=O) groups excluding carboxylic acids is 1. The van der Waals surface area contributed by atoms with E-state index in [9.17, 15) is 4.79 Å². The summed E-state index contributed by atoms with van der Waals surface area (Å²) in [4.78, 5) is 23.4. The Bertz CT molecular complexity index is 688. The predicted octanol–water partition coefficient (Wildman–Crippen LogP) is 2.38. The average molecular weight is 237 g/mol. The molecule has 0 saturated heterocycles. The maximum Gasteiger partial charge on any atom is 0.172 e. The number of Topliss-reactive ketones (excluding diaryl/α,β-unsaturated/α-hetero) is 1. The lowest BCUT2D eigenvalue weighted by atomic mass is 10.1.